The molecule has 0 spiro atoms. The molecule has 1 atom stereocenters. The first-order valence-electron chi connectivity index (χ1n) is 3.39. The van der Waals surface area contributed by atoms with Crippen LogP contribution in [0.15, 0.2) is 0 Å². The lowest BCUT2D eigenvalue weighted by Gasteiger charge is -2.15. The lowest BCUT2D eigenvalue weighted by molar-refractivity contribution is 0.0699. The highest BCUT2D eigenvalue weighted by Crippen LogP contribution is 2.51. The normalized spacial score (nSPS) is 14.7. The Morgan fingerprint density at radius 3 is 2.08 bits per heavy atom. The average Bonchev–Trinajstić information content (AvgIpc) is 1.85. The molecule has 0 aromatic carbocycles. The fraction of sp³-hybridized carbons (Fsp3) is 1.00. The molecule has 0 heterocycles. The van der Waals surface area contributed by atoms with Crippen LogP contribution in [0, 0.1) is 0 Å². The molecular formula is C5H11BrFO4P. The number of rotatable bonds is 6. The molecule has 0 aromatic rings. The van der Waals surface area contributed by atoms with E-state index in [0.29, 0.717) is 0 Å². The monoisotopic (exact) mass is 264 g/mol. The molecule has 74 valence electrons. The lowest BCUT2D eigenvalue weighted by atomic mass is 10.9. The summed E-state index contributed by atoms with van der Waals surface area (Å²) in [5.41, 5.74) is 0. The highest BCUT2D eigenvalue weighted by atomic mass is 79.9. The van der Waals surface area contributed by atoms with Gasteiger partial charge in [-0.1, -0.05) is 0 Å². The van der Waals surface area contributed by atoms with Crippen LogP contribution in [0.25, 0.3) is 0 Å². The minimum Gasteiger partial charge on any atom is -0.287 e. The minimum atomic E-state index is -3.70. The first-order valence-corrected chi connectivity index (χ1v) is 5.77. The average molecular weight is 265 g/mol. The number of halogens is 2. The van der Waals surface area contributed by atoms with Crippen molar-refractivity contribution in [1.29, 1.82) is 0 Å². The Morgan fingerprint density at radius 2 is 1.83 bits per heavy atom. The molecule has 0 fully saturated rings. The van der Waals surface area contributed by atoms with Crippen molar-refractivity contribution < 1.29 is 22.5 Å². The third-order valence-corrected chi connectivity index (χ3v) is 2.85. The highest BCUT2D eigenvalue weighted by Gasteiger charge is 2.28. The Kier molecular flexibility index (Phi) is 6.31. The van der Waals surface area contributed by atoms with Crippen molar-refractivity contribution in [3.05, 3.63) is 0 Å². The number of hydrogen-bond donors (Lipinski definition) is 0. The van der Waals surface area contributed by atoms with E-state index in [-0.39, 0.29) is 13.2 Å². The summed E-state index contributed by atoms with van der Waals surface area (Å²) < 4.78 is 37.0. The largest absolute Gasteiger partial charge is 0.478 e. The Hall–Kier alpha value is 0.520. The van der Waals surface area contributed by atoms with Crippen molar-refractivity contribution in [2.45, 2.75) is 19.1 Å². The summed E-state index contributed by atoms with van der Waals surface area (Å²) >= 11 is 2.43. The topological polar surface area (TPSA) is 44.8 Å². The van der Waals surface area contributed by atoms with Crippen LogP contribution in [0.5, 0.6) is 0 Å². The van der Waals surface area contributed by atoms with Gasteiger partial charge < -0.3 is 0 Å². The van der Waals surface area contributed by atoms with Gasteiger partial charge in [0, 0.05) is 0 Å². The van der Waals surface area contributed by atoms with Crippen LogP contribution in [-0.2, 0) is 18.1 Å². The second-order valence-corrected chi connectivity index (χ2v) is 3.99. The number of phosphoric ester groups is 1. The zero-order valence-electron chi connectivity index (χ0n) is 6.83. The summed E-state index contributed by atoms with van der Waals surface area (Å²) in [5, 5.41) is -1.85. The molecule has 12 heavy (non-hydrogen) atoms. The van der Waals surface area contributed by atoms with Crippen LogP contribution in [0.4, 0.5) is 4.39 Å². The molecule has 0 bridgehead atoms. The van der Waals surface area contributed by atoms with E-state index in [4.69, 9.17) is 0 Å². The molecule has 1 unspecified atom stereocenters. The Morgan fingerprint density at radius 1 is 1.42 bits per heavy atom. The van der Waals surface area contributed by atoms with E-state index < -0.39 is 13.1 Å². The first-order chi connectivity index (χ1) is 5.54. The maximum absolute atomic E-state index is 12.2. The molecule has 7 heteroatoms. The predicted octanol–water partition coefficient (Wildman–Crippen LogP) is 2.83. The van der Waals surface area contributed by atoms with E-state index in [1.165, 1.54) is 0 Å². The molecule has 0 amide bonds. The van der Waals surface area contributed by atoms with Gasteiger partial charge in [0.1, 0.15) is 0 Å². The summed E-state index contributed by atoms with van der Waals surface area (Å²) in [5.74, 6) is 0. The van der Waals surface area contributed by atoms with Crippen molar-refractivity contribution >= 4 is 23.8 Å². The van der Waals surface area contributed by atoms with Gasteiger partial charge in [-0.15, -0.1) is 0 Å². The third-order valence-electron chi connectivity index (χ3n) is 0.783. The molecule has 0 saturated carbocycles. The molecule has 0 radical (unpaired) electrons. The molecule has 0 aliphatic rings. The summed E-state index contributed by atoms with van der Waals surface area (Å²) in [6.45, 7) is 3.49. The van der Waals surface area contributed by atoms with Crippen LogP contribution in [0.3, 0.4) is 0 Å². The van der Waals surface area contributed by atoms with E-state index in [0.717, 1.165) is 0 Å². The van der Waals surface area contributed by atoms with Gasteiger partial charge in [-0.3, -0.25) is 9.05 Å². The van der Waals surface area contributed by atoms with Gasteiger partial charge in [0.2, 0.25) is 0 Å². The van der Waals surface area contributed by atoms with Gasteiger partial charge in [0.05, 0.1) is 13.2 Å². The van der Waals surface area contributed by atoms with Crippen molar-refractivity contribution in [1.82, 2.24) is 0 Å². The van der Waals surface area contributed by atoms with E-state index in [1.54, 1.807) is 13.8 Å². The van der Waals surface area contributed by atoms with Gasteiger partial charge in [-0.2, -0.15) is 0 Å². The lowest BCUT2D eigenvalue weighted by Crippen LogP contribution is -2.02. The van der Waals surface area contributed by atoms with Gasteiger partial charge in [-0.05, 0) is 29.8 Å². The SMILES string of the molecule is CCOP(=O)(OCC)OC(F)Br. The molecule has 0 N–H and O–H groups in total. The molecule has 0 rings (SSSR count). The van der Waals surface area contributed by atoms with Crippen molar-refractivity contribution in [3.8, 4) is 0 Å². The van der Waals surface area contributed by atoms with Crippen molar-refractivity contribution in [2.24, 2.45) is 0 Å². The van der Waals surface area contributed by atoms with Crippen molar-refractivity contribution in [2.75, 3.05) is 13.2 Å². The zero-order valence-corrected chi connectivity index (χ0v) is 9.31. The molecule has 0 saturated heterocycles. The smallest absolute Gasteiger partial charge is 0.287 e. The number of alkyl halides is 2. The first kappa shape index (κ1) is 12.5. The standard InChI is InChI=1S/C5H11BrFO4P/c1-3-9-12(8,10-4-2)11-5(6)7/h5H,3-4H2,1-2H3. The van der Waals surface area contributed by atoms with E-state index in [9.17, 15) is 8.96 Å². The van der Waals surface area contributed by atoms with Crippen LogP contribution in [0.2, 0.25) is 0 Å². The Balaban J connectivity index is 4.08. The fourth-order valence-electron chi connectivity index (χ4n) is 0.512. The van der Waals surface area contributed by atoms with Gasteiger partial charge in [0.15, 0.2) is 0 Å². The molecule has 0 aromatic heterocycles. The molecule has 4 nitrogen and oxygen atoms in total. The Bertz CT molecular complexity index is 156. The van der Waals surface area contributed by atoms with E-state index >= 15 is 0 Å². The van der Waals surface area contributed by atoms with E-state index in [2.05, 4.69) is 29.5 Å². The van der Waals surface area contributed by atoms with Crippen LogP contribution >= 0.6 is 23.8 Å². The number of phosphoric acid groups is 1. The fourth-order valence-corrected chi connectivity index (χ4v) is 2.15. The molecule has 0 aliphatic carbocycles. The quantitative estimate of drug-likeness (QED) is 0.547. The number of hydrogen-bond acceptors (Lipinski definition) is 4. The predicted molar refractivity (Wildman–Crippen MR) is 45.8 cm³/mol. The molecule has 0 aliphatic heterocycles. The third kappa shape index (κ3) is 5.22. The maximum atomic E-state index is 12.2. The van der Waals surface area contributed by atoms with Crippen LogP contribution < -0.4 is 0 Å². The summed E-state index contributed by atoms with van der Waals surface area (Å²) in [6.07, 6.45) is 0. The molecular weight excluding hydrogens is 254 g/mol. The van der Waals surface area contributed by atoms with Crippen LogP contribution in [0.1, 0.15) is 13.8 Å². The summed E-state index contributed by atoms with van der Waals surface area (Å²) in [7, 11) is -3.70. The summed E-state index contributed by atoms with van der Waals surface area (Å²) in [6, 6.07) is 0. The minimum absolute atomic E-state index is 0.136. The maximum Gasteiger partial charge on any atom is 0.478 e. The highest BCUT2D eigenvalue weighted by molar-refractivity contribution is 9.09. The van der Waals surface area contributed by atoms with Gasteiger partial charge in [-0.25, -0.2) is 13.5 Å². The summed E-state index contributed by atoms with van der Waals surface area (Å²) in [4.78, 5) is 0. The van der Waals surface area contributed by atoms with Crippen LogP contribution in [-0.4, -0.2) is 18.5 Å². The zero-order chi connectivity index (χ0) is 9.61. The van der Waals surface area contributed by atoms with Gasteiger partial charge in [0.25, 0.3) is 5.27 Å². The van der Waals surface area contributed by atoms with Gasteiger partial charge >= 0.3 is 7.82 Å². The second kappa shape index (κ2) is 6.05. The Labute approximate surface area is 79.1 Å². The second-order valence-electron chi connectivity index (χ2n) is 1.65. The van der Waals surface area contributed by atoms with Crippen molar-refractivity contribution in [3.63, 3.8) is 0 Å². The van der Waals surface area contributed by atoms with E-state index in [1.807, 2.05) is 0 Å².